The van der Waals surface area contributed by atoms with Gasteiger partial charge in [0, 0.05) is 56.0 Å². The number of aryl methyl sites for hydroxylation is 2. The third-order valence-electron chi connectivity index (χ3n) is 10.4. The molecular formula is C42H56N4O4. The van der Waals surface area contributed by atoms with Gasteiger partial charge < -0.3 is 25.6 Å². The molecule has 2 unspecified atom stereocenters. The molecule has 1 fully saturated rings. The lowest BCUT2D eigenvalue weighted by Gasteiger charge is -2.34. The molecule has 2 heterocycles. The van der Waals surface area contributed by atoms with Crippen LogP contribution >= 0.6 is 0 Å². The van der Waals surface area contributed by atoms with Crippen molar-refractivity contribution in [2.75, 3.05) is 31.1 Å². The number of nitrogens with zero attached hydrogens (tertiary/aromatic N) is 1. The molecule has 3 N–H and O–H groups in total. The van der Waals surface area contributed by atoms with E-state index >= 15 is 0 Å². The number of carbonyl (C=O) groups excluding carboxylic acids is 3. The van der Waals surface area contributed by atoms with Gasteiger partial charge in [-0.25, -0.2) is 0 Å². The number of carbonyl (C=O) groups is 3. The molecule has 2 aliphatic rings. The van der Waals surface area contributed by atoms with Crippen LogP contribution in [0.2, 0.25) is 0 Å². The van der Waals surface area contributed by atoms with Crippen molar-refractivity contribution in [2.24, 2.45) is 5.92 Å². The fourth-order valence-electron chi connectivity index (χ4n) is 7.27. The summed E-state index contributed by atoms with van der Waals surface area (Å²) in [6.45, 7) is 16.6. The second kappa shape index (κ2) is 15.9. The normalized spacial score (nSPS) is 19.4. The predicted octanol–water partition coefficient (Wildman–Crippen LogP) is 6.94. The maximum absolute atomic E-state index is 13.2. The van der Waals surface area contributed by atoms with Crippen molar-refractivity contribution in [2.45, 2.75) is 104 Å². The monoisotopic (exact) mass is 680 g/mol. The van der Waals surface area contributed by atoms with Gasteiger partial charge in [0.25, 0.3) is 5.91 Å². The molecule has 8 heteroatoms. The Morgan fingerprint density at radius 3 is 2.40 bits per heavy atom. The molecule has 0 aliphatic carbocycles. The Bertz CT molecular complexity index is 1660. The summed E-state index contributed by atoms with van der Waals surface area (Å²) in [6, 6.07) is 22.7. The Morgan fingerprint density at radius 2 is 1.68 bits per heavy atom. The van der Waals surface area contributed by atoms with E-state index in [1.807, 2.05) is 62.9 Å². The molecular weight excluding hydrogens is 624 g/mol. The van der Waals surface area contributed by atoms with Crippen LogP contribution in [0, 0.1) is 12.8 Å². The number of amides is 3. The number of ether oxygens (including phenoxy) is 1. The average Bonchev–Trinajstić information content (AvgIpc) is 3.07. The maximum atomic E-state index is 13.2. The number of rotatable bonds is 12. The largest absolute Gasteiger partial charge is 0.375 e. The number of hydrogen-bond donors (Lipinski definition) is 3. The molecule has 3 aromatic carbocycles. The lowest BCUT2D eigenvalue weighted by Crippen LogP contribution is -2.45. The third kappa shape index (κ3) is 9.61. The Balaban J connectivity index is 1.05. The van der Waals surface area contributed by atoms with Gasteiger partial charge in [0.2, 0.25) is 11.8 Å². The second-order valence-electron chi connectivity index (χ2n) is 15.6. The van der Waals surface area contributed by atoms with E-state index in [9.17, 15) is 14.4 Å². The highest BCUT2D eigenvalue weighted by Crippen LogP contribution is 2.34. The van der Waals surface area contributed by atoms with Gasteiger partial charge in [-0.05, 0) is 126 Å². The van der Waals surface area contributed by atoms with Crippen LogP contribution in [0.25, 0.3) is 11.1 Å². The summed E-state index contributed by atoms with van der Waals surface area (Å²) in [5, 5.41) is 9.77. The number of nitrogens with one attached hydrogen (secondary N) is 3. The number of piperidine rings is 1. The molecule has 0 spiro atoms. The van der Waals surface area contributed by atoms with Crippen LogP contribution < -0.4 is 20.9 Å². The molecule has 8 nitrogen and oxygen atoms in total. The first-order valence-corrected chi connectivity index (χ1v) is 18.3. The zero-order valence-corrected chi connectivity index (χ0v) is 31.0. The van der Waals surface area contributed by atoms with Crippen molar-refractivity contribution in [3.8, 4) is 11.1 Å². The summed E-state index contributed by atoms with van der Waals surface area (Å²) in [5.41, 5.74) is 6.54. The van der Waals surface area contributed by atoms with E-state index in [1.54, 1.807) is 6.92 Å². The number of anilines is 1. The van der Waals surface area contributed by atoms with E-state index in [-0.39, 0.29) is 29.7 Å². The first-order chi connectivity index (χ1) is 23.7. The molecule has 0 saturated carbocycles. The van der Waals surface area contributed by atoms with E-state index in [0.717, 1.165) is 42.6 Å². The lowest BCUT2D eigenvalue weighted by molar-refractivity contribution is -0.126. The molecule has 3 amide bonds. The first-order valence-electron chi connectivity index (χ1n) is 18.3. The summed E-state index contributed by atoms with van der Waals surface area (Å²) in [7, 11) is 0. The third-order valence-corrected chi connectivity index (χ3v) is 10.4. The van der Waals surface area contributed by atoms with Crippen molar-refractivity contribution in [1.29, 1.82) is 0 Å². The van der Waals surface area contributed by atoms with E-state index in [4.69, 9.17) is 4.74 Å². The van der Waals surface area contributed by atoms with Crippen LogP contribution in [0.4, 0.5) is 5.69 Å². The average molecular weight is 681 g/mol. The molecule has 50 heavy (non-hydrogen) atoms. The lowest BCUT2D eigenvalue weighted by atomic mass is 9.84. The van der Waals surface area contributed by atoms with Gasteiger partial charge in [0.15, 0.2) is 0 Å². The summed E-state index contributed by atoms with van der Waals surface area (Å²) < 4.78 is 6.26. The zero-order valence-electron chi connectivity index (χ0n) is 31.0. The molecule has 3 aromatic rings. The Morgan fingerprint density at radius 1 is 0.940 bits per heavy atom. The smallest absolute Gasteiger partial charge is 0.251 e. The standard InChI is InChI=1S/C42H56N4O4/c1-28-9-8-10-33(23-28)36-25-37(27-43-26-36)39(48)44-21-19-42(6,7)50-22-20-41(4,5)45-40(49)32-15-13-31(14-16-32)34-17-18-38-35(24-34)12-11-29(2)46(38)30(3)47/h8-10,13-18,23-24,29,36-37,43H,11-12,19-22,25-27H2,1-7H3,(H,44,48)(H,45,49)/t29-,36?,37?/m0/s1. The van der Waals surface area contributed by atoms with Gasteiger partial charge in [-0.15, -0.1) is 0 Å². The fourth-order valence-corrected chi connectivity index (χ4v) is 7.27. The van der Waals surface area contributed by atoms with E-state index < -0.39 is 11.1 Å². The predicted molar refractivity (Wildman–Crippen MR) is 202 cm³/mol. The minimum Gasteiger partial charge on any atom is -0.375 e. The Kier molecular flexibility index (Phi) is 11.8. The molecule has 268 valence electrons. The van der Waals surface area contributed by atoms with Gasteiger partial charge in [0.05, 0.1) is 11.5 Å². The van der Waals surface area contributed by atoms with E-state index in [2.05, 4.69) is 66.2 Å². The van der Waals surface area contributed by atoms with Gasteiger partial charge >= 0.3 is 0 Å². The van der Waals surface area contributed by atoms with Gasteiger partial charge in [-0.1, -0.05) is 48.0 Å². The molecule has 0 aromatic heterocycles. The highest BCUT2D eigenvalue weighted by molar-refractivity contribution is 5.96. The van der Waals surface area contributed by atoms with E-state index in [0.29, 0.717) is 44.0 Å². The molecule has 3 atom stereocenters. The van der Waals surface area contributed by atoms with Gasteiger partial charge in [-0.3, -0.25) is 14.4 Å². The highest BCUT2D eigenvalue weighted by atomic mass is 16.5. The van der Waals surface area contributed by atoms with Crippen molar-refractivity contribution >= 4 is 23.4 Å². The Labute approximate surface area is 298 Å². The van der Waals surface area contributed by atoms with Crippen molar-refractivity contribution in [3.63, 3.8) is 0 Å². The number of fused-ring (bicyclic) bond motifs is 1. The number of hydrogen-bond acceptors (Lipinski definition) is 5. The molecule has 0 bridgehead atoms. The van der Waals surface area contributed by atoms with Crippen molar-refractivity contribution < 1.29 is 19.1 Å². The fraction of sp³-hybridized carbons (Fsp3) is 0.500. The van der Waals surface area contributed by atoms with E-state index in [1.165, 1.54) is 16.7 Å². The van der Waals surface area contributed by atoms with Gasteiger partial charge in [0.1, 0.15) is 0 Å². The second-order valence-corrected chi connectivity index (χ2v) is 15.6. The van der Waals surface area contributed by atoms with Gasteiger partial charge in [-0.2, -0.15) is 0 Å². The maximum Gasteiger partial charge on any atom is 0.251 e. The van der Waals surface area contributed by atoms with Crippen LogP contribution in [-0.4, -0.2) is 61.1 Å². The van der Waals surface area contributed by atoms with Crippen molar-refractivity contribution in [3.05, 3.63) is 89.0 Å². The van der Waals surface area contributed by atoms with Crippen LogP contribution in [0.3, 0.4) is 0 Å². The molecule has 2 aliphatic heterocycles. The topological polar surface area (TPSA) is 99.8 Å². The first kappa shape index (κ1) is 37.3. The van der Waals surface area contributed by atoms with Crippen LogP contribution in [0.5, 0.6) is 0 Å². The summed E-state index contributed by atoms with van der Waals surface area (Å²) >= 11 is 0. The molecule has 1 saturated heterocycles. The minimum atomic E-state index is -0.472. The minimum absolute atomic E-state index is 0.0494. The van der Waals surface area contributed by atoms with Crippen LogP contribution in [-0.2, 0) is 20.7 Å². The van der Waals surface area contributed by atoms with Crippen molar-refractivity contribution in [1.82, 2.24) is 16.0 Å². The van der Waals surface area contributed by atoms with Crippen LogP contribution in [0.1, 0.15) is 100 Å². The summed E-state index contributed by atoms with van der Waals surface area (Å²) in [5.74, 6) is 0.337. The molecule has 0 radical (unpaired) electrons. The highest BCUT2D eigenvalue weighted by Gasteiger charge is 2.30. The summed E-state index contributed by atoms with van der Waals surface area (Å²) in [4.78, 5) is 40.4. The molecule has 5 rings (SSSR count). The zero-order chi connectivity index (χ0) is 36.1. The number of benzene rings is 3. The quantitative estimate of drug-likeness (QED) is 0.193. The Hall–Kier alpha value is -4.01. The van der Waals surface area contributed by atoms with Crippen LogP contribution in [0.15, 0.2) is 66.7 Å². The SMILES string of the molecule is CC(=O)N1c2ccc(-c3ccc(C(=O)NC(C)(C)CCOC(C)(C)CCNC(=O)C4CNCC(c5cccc(C)c5)C4)cc3)cc2CC[C@@H]1C. The summed E-state index contributed by atoms with van der Waals surface area (Å²) in [6.07, 6.45) is 4.07.